The van der Waals surface area contributed by atoms with Crippen molar-refractivity contribution in [1.29, 1.82) is 0 Å². The number of phenolic OH excluding ortho intramolecular Hbond substituents is 1. The van der Waals surface area contributed by atoms with E-state index in [-0.39, 0.29) is 17.2 Å². The Balaban J connectivity index is 2.02. The highest BCUT2D eigenvalue weighted by Crippen LogP contribution is 2.23. The topological polar surface area (TPSA) is 165 Å². The van der Waals surface area contributed by atoms with Gasteiger partial charge in [0.2, 0.25) is 11.8 Å². The zero-order chi connectivity index (χ0) is 24.5. The number of rotatable bonds is 11. The summed E-state index contributed by atoms with van der Waals surface area (Å²) < 4.78 is 0. The van der Waals surface area contributed by atoms with E-state index in [1.165, 1.54) is 0 Å². The molecule has 2 aromatic rings. The number of nitrogens with two attached hydrogens (primary N) is 1. The monoisotopic (exact) mass is 456 g/mol. The number of carbonyl (C=O) groups excluding carboxylic acids is 3. The molecule has 0 aromatic heterocycles. The van der Waals surface area contributed by atoms with E-state index in [0.717, 1.165) is 23.8 Å². The molecule has 2 aromatic carbocycles. The van der Waals surface area contributed by atoms with E-state index in [0.29, 0.717) is 12.8 Å². The first-order valence-corrected chi connectivity index (χ1v) is 10.5. The van der Waals surface area contributed by atoms with Crippen molar-refractivity contribution < 1.29 is 24.4 Å². The van der Waals surface area contributed by atoms with Gasteiger partial charge in [0, 0.05) is 12.1 Å². The summed E-state index contributed by atoms with van der Waals surface area (Å²) in [6.45, 7) is 3.25. The lowest BCUT2D eigenvalue weighted by Gasteiger charge is -2.22. The van der Waals surface area contributed by atoms with Gasteiger partial charge in [0.15, 0.2) is 5.78 Å². The lowest BCUT2D eigenvalue weighted by molar-refractivity contribution is -0.384. The van der Waals surface area contributed by atoms with Crippen molar-refractivity contribution >= 4 is 23.3 Å². The van der Waals surface area contributed by atoms with Crippen LogP contribution in [0.3, 0.4) is 0 Å². The Hall–Kier alpha value is -3.79. The van der Waals surface area contributed by atoms with E-state index in [2.05, 4.69) is 10.6 Å². The van der Waals surface area contributed by atoms with Gasteiger partial charge in [-0.15, -0.1) is 0 Å². The molecule has 0 aliphatic carbocycles. The first kappa shape index (κ1) is 25.5. The second-order valence-corrected chi connectivity index (χ2v) is 8.09. The Morgan fingerprint density at radius 3 is 2.36 bits per heavy atom. The molecule has 0 bridgehead atoms. The fourth-order valence-corrected chi connectivity index (χ4v) is 3.19. The van der Waals surface area contributed by atoms with Gasteiger partial charge in [-0.1, -0.05) is 44.2 Å². The summed E-state index contributed by atoms with van der Waals surface area (Å²) in [5, 5.41) is 25.8. The van der Waals surface area contributed by atoms with Crippen molar-refractivity contribution in [3.05, 3.63) is 69.8 Å². The minimum atomic E-state index is -0.925. The lowest BCUT2D eigenvalue weighted by Crippen LogP contribution is -2.53. The van der Waals surface area contributed by atoms with Crippen molar-refractivity contribution in [2.24, 2.45) is 11.7 Å². The maximum atomic E-state index is 12.7. The summed E-state index contributed by atoms with van der Waals surface area (Å²) in [7, 11) is 0. The maximum absolute atomic E-state index is 12.7. The van der Waals surface area contributed by atoms with Crippen LogP contribution in [0, 0.1) is 16.0 Å². The zero-order valence-electron chi connectivity index (χ0n) is 18.5. The number of amides is 2. The van der Waals surface area contributed by atoms with Crippen molar-refractivity contribution in [3.63, 3.8) is 0 Å². The Labute approximate surface area is 191 Å². The number of benzene rings is 2. The minimum absolute atomic E-state index is 0.0583. The predicted molar refractivity (Wildman–Crippen MR) is 122 cm³/mol. The zero-order valence-corrected chi connectivity index (χ0v) is 18.5. The van der Waals surface area contributed by atoms with Gasteiger partial charge in [0.05, 0.1) is 23.1 Å². The molecule has 0 aliphatic heterocycles. The highest BCUT2D eigenvalue weighted by molar-refractivity contribution is 6.02. The van der Waals surface area contributed by atoms with Crippen LogP contribution in [-0.2, 0) is 16.0 Å². The number of hydrogen-bond donors (Lipinski definition) is 4. The molecule has 0 radical (unpaired) electrons. The molecule has 2 atom stereocenters. The molecule has 5 N–H and O–H groups in total. The second kappa shape index (κ2) is 11.7. The summed E-state index contributed by atoms with van der Waals surface area (Å²) in [6, 6.07) is 10.5. The summed E-state index contributed by atoms with van der Waals surface area (Å²) in [4.78, 5) is 47.9. The molecule has 10 nitrogen and oxygen atoms in total. The molecule has 0 saturated carbocycles. The Kier molecular flexibility index (Phi) is 9.05. The third-order valence-corrected chi connectivity index (χ3v) is 4.89. The molecule has 10 heteroatoms. The highest BCUT2D eigenvalue weighted by Gasteiger charge is 2.26. The van der Waals surface area contributed by atoms with Crippen molar-refractivity contribution in [1.82, 2.24) is 10.6 Å². The van der Waals surface area contributed by atoms with Crippen LogP contribution in [0.4, 0.5) is 5.69 Å². The molecular weight excluding hydrogens is 428 g/mol. The minimum Gasteiger partial charge on any atom is -0.507 e. The third-order valence-electron chi connectivity index (χ3n) is 4.89. The van der Waals surface area contributed by atoms with E-state index < -0.39 is 46.9 Å². The van der Waals surface area contributed by atoms with E-state index in [9.17, 15) is 29.6 Å². The Morgan fingerprint density at radius 1 is 1.09 bits per heavy atom. The normalized spacial score (nSPS) is 12.6. The molecule has 0 aliphatic rings. The molecule has 0 unspecified atom stereocenters. The van der Waals surface area contributed by atoms with Crippen LogP contribution in [0.15, 0.2) is 48.5 Å². The summed E-state index contributed by atoms with van der Waals surface area (Å²) in [5.41, 5.74) is 6.24. The van der Waals surface area contributed by atoms with Crippen LogP contribution < -0.4 is 16.4 Å². The standard InChI is InChI=1S/C23H28N4O6/c1-14(2)10-19(26-22(30)18(24)11-15-6-4-3-5-7-15)23(31)25-13-21(29)17-12-16(27(32)33)8-9-20(17)28/h3-9,12,14,18-19,28H,10-11,13,24H2,1-2H3,(H,25,31)(H,26,30)/t18-,19-/m0/s1. The molecule has 2 amide bonds. The van der Waals surface area contributed by atoms with Gasteiger partial charge < -0.3 is 21.5 Å². The number of ketones is 1. The number of phenols is 1. The number of carbonyl (C=O) groups is 3. The predicted octanol–water partition coefficient (Wildman–Crippen LogP) is 1.70. The van der Waals surface area contributed by atoms with Crippen LogP contribution in [0.1, 0.15) is 36.2 Å². The van der Waals surface area contributed by atoms with Crippen molar-refractivity contribution in [2.45, 2.75) is 38.8 Å². The van der Waals surface area contributed by atoms with Gasteiger partial charge in [-0.3, -0.25) is 24.5 Å². The number of nitro benzene ring substituents is 1. The quantitative estimate of drug-likeness (QED) is 0.227. The number of nitrogens with one attached hydrogen (secondary N) is 2. The largest absolute Gasteiger partial charge is 0.507 e. The Morgan fingerprint density at radius 2 is 1.76 bits per heavy atom. The van der Waals surface area contributed by atoms with Gasteiger partial charge in [-0.2, -0.15) is 0 Å². The molecule has 0 spiro atoms. The first-order chi connectivity index (χ1) is 15.6. The molecular formula is C23H28N4O6. The van der Waals surface area contributed by atoms with Crippen molar-refractivity contribution in [2.75, 3.05) is 6.54 Å². The molecule has 2 rings (SSSR count). The number of hydrogen-bond acceptors (Lipinski definition) is 7. The SMILES string of the molecule is CC(C)C[C@H](NC(=O)[C@@H](N)Cc1ccccc1)C(=O)NCC(=O)c1cc([N+](=O)[O-])ccc1O. The van der Waals surface area contributed by atoms with E-state index >= 15 is 0 Å². The summed E-state index contributed by atoms with van der Waals surface area (Å²) >= 11 is 0. The highest BCUT2D eigenvalue weighted by atomic mass is 16.6. The lowest BCUT2D eigenvalue weighted by atomic mass is 10.0. The third kappa shape index (κ3) is 7.69. The van der Waals surface area contributed by atoms with Crippen LogP contribution in [0.25, 0.3) is 0 Å². The fourth-order valence-electron chi connectivity index (χ4n) is 3.19. The van der Waals surface area contributed by atoms with Gasteiger partial charge in [0.25, 0.3) is 5.69 Å². The summed E-state index contributed by atoms with van der Waals surface area (Å²) in [6.07, 6.45) is 0.610. The van der Waals surface area contributed by atoms with Gasteiger partial charge in [0.1, 0.15) is 11.8 Å². The van der Waals surface area contributed by atoms with Crippen molar-refractivity contribution in [3.8, 4) is 5.75 Å². The molecule has 33 heavy (non-hydrogen) atoms. The van der Waals surface area contributed by atoms with Crippen LogP contribution in [0.5, 0.6) is 5.75 Å². The fraction of sp³-hybridized carbons (Fsp3) is 0.348. The van der Waals surface area contributed by atoms with Crippen LogP contribution in [-0.4, -0.2) is 46.3 Å². The number of Topliss-reactive ketones (excluding diaryl/α,β-unsaturated/α-hetero) is 1. The van der Waals surface area contributed by atoms with Crippen LogP contribution >= 0.6 is 0 Å². The smallest absolute Gasteiger partial charge is 0.270 e. The number of non-ortho nitro benzene ring substituents is 1. The van der Waals surface area contributed by atoms with E-state index in [1.54, 1.807) is 0 Å². The average Bonchev–Trinajstić information content (AvgIpc) is 2.77. The van der Waals surface area contributed by atoms with E-state index in [4.69, 9.17) is 5.73 Å². The molecule has 0 fully saturated rings. The maximum Gasteiger partial charge on any atom is 0.270 e. The average molecular weight is 456 g/mol. The number of nitro groups is 1. The Bertz CT molecular complexity index is 1010. The molecule has 176 valence electrons. The van der Waals surface area contributed by atoms with E-state index in [1.807, 2.05) is 44.2 Å². The number of aromatic hydroxyl groups is 1. The van der Waals surface area contributed by atoms with Crippen LogP contribution in [0.2, 0.25) is 0 Å². The molecule has 0 heterocycles. The number of nitrogens with zero attached hydrogens (tertiary/aromatic N) is 1. The van der Waals surface area contributed by atoms with Gasteiger partial charge in [-0.05, 0) is 30.4 Å². The molecule has 0 saturated heterocycles. The second-order valence-electron chi connectivity index (χ2n) is 8.09. The van der Waals surface area contributed by atoms with Gasteiger partial charge >= 0.3 is 0 Å². The first-order valence-electron chi connectivity index (χ1n) is 10.5. The summed E-state index contributed by atoms with van der Waals surface area (Å²) in [5.74, 6) is -2.17. The van der Waals surface area contributed by atoms with Gasteiger partial charge in [-0.25, -0.2) is 0 Å².